The number of hydrogen-bond acceptors (Lipinski definition) is 3. The standard InChI is InChI=1S/C16H16O3/c1-12-5-3-4-6-14(12)11-19-16-9-15(18-2)8-7-13(16)10-17/h3-10H,11H2,1-2H3. The number of rotatable bonds is 5. The average Bonchev–Trinajstić information content (AvgIpc) is 2.46. The average molecular weight is 256 g/mol. The van der Waals surface area contributed by atoms with Gasteiger partial charge in [0.25, 0.3) is 0 Å². The van der Waals surface area contributed by atoms with Crippen molar-refractivity contribution in [2.75, 3.05) is 7.11 Å². The van der Waals surface area contributed by atoms with Crippen LogP contribution in [0.5, 0.6) is 11.5 Å². The fourth-order valence-corrected chi connectivity index (χ4v) is 1.79. The van der Waals surface area contributed by atoms with Gasteiger partial charge in [0.1, 0.15) is 18.1 Å². The minimum atomic E-state index is 0.431. The molecule has 2 rings (SSSR count). The van der Waals surface area contributed by atoms with Gasteiger partial charge in [0, 0.05) is 6.07 Å². The second kappa shape index (κ2) is 6.05. The lowest BCUT2D eigenvalue weighted by Gasteiger charge is -2.11. The summed E-state index contributed by atoms with van der Waals surface area (Å²) < 4.78 is 10.9. The second-order valence-electron chi connectivity index (χ2n) is 4.24. The molecule has 2 aromatic rings. The molecule has 0 fully saturated rings. The molecule has 0 atom stereocenters. The van der Waals surface area contributed by atoms with Gasteiger partial charge >= 0.3 is 0 Å². The van der Waals surface area contributed by atoms with E-state index in [1.807, 2.05) is 31.2 Å². The van der Waals surface area contributed by atoms with Gasteiger partial charge in [-0.05, 0) is 30.2 Å². The largest absolute Gasteiger partial charge is 0.497 e. The highest BCUT2D eigenvalue weighted by molar-refractivity contribution is 5.79. The smallest absolute Gasteiger partial charge is 0.153 e. The van der Waals surface area contributed by atoms with Crippen molar-refractivity contribution >= 4 is 6.29 Å². The molecular weight excluding hydrogens is 240 g/mol. The predicted molar refractivity (Wildman–Crippen MR) is 73.9 cm³/mol. The number of carbonyl (C=O) groups is 1. The maximum Gasteiger partial charge on any atom is 0.153 e. The van der Waals surface area contributed by atoms with E-state index in [1.165, 1.54) is 0 Å². The van der Waals surface area contributed by atoms with Gasteiger partial charge in [0.2, 0.25) is 0 Å². The van der Waals surface area contributed by atoms with Crippen LogP contribution in [0.15, 0.2) is 42.5 Å². The topological polar surface area (TPSA) is 35.5 Å². The number of carbonyl (C=O) groups excluding carboxylic acids is 1. The van der Waals surface area contributed by atoms with Crippen LogP contribution >= 0.6 is 0 Å². The summed E-state index contributed by atoms with van der Waals surface area (Å²) in [5.74, 6) is 1.21. The van der Waals surface area contributed by atoms with Gasteiger partial charge in [0.15, 0.2) is 6.29 Å². The molecule has 0 radical (unpaired) electrons. The summed E-state index contributed by atoms with van der Waals surface area (Å²) in [5, 5.41) is 0. The van der Waals surface area contributed by atoms with E-state index in [4.69, 9.17) is 9.47 Å². The van der Waals surface area contributed by atoms with Crippen LogP contribution < -0.4 is 9.47 Å². The van der Waals surface area contributed by atoms with Crippen molar-refractivity contribution in [2.24, 2.45) is 0 Å². The molecule has 0 heterocycles. The van der Waals surface area contributed by atoms with E-state index in [1.54, 1.807) is 25.3 Å². The van der Waals surface area contributed by atoms with Crippen molar-refractivity contribution in [1.82, 2.24) is 0 Å². The predicted octanol–water partition coefficient (Wildman–Crippen LogP) is 3.40. The third-order valence-electron chi connectivity index (χ3n) is 2.99. The van der Waals surface area contributed by atoms with Crippen molar-refractivity contribution in [2.45, 2.75) is 13.5 Å². The molecule has 0 saturated carbocycles. The van der Waals surface area contributed by atoms with Crippen molar-refractivity contribution in [1.29, 1.82) is 0 Å². The Morgan fingerprint density at radius 3 is 2.63 bits per heavy atom. The first-order valence-corrected chi connectivity index (χ1v) is 6.05. The molecule has 98 valence electrons. The second-order valence-corrected chi connectivity index (χ2v) is 4.24. The van der Waals surface area contributed by atoms with E-state index in [2.05, 4.69) is 0 Å². The Morgan fingerprint density at radius 1 is 1.16 bits per heavy atom. The van der Waals surface area contributed by atoms with E-state index >= 15 is 0 Å². The molecule has 0 aliphatic carbocycles. The Morgan fingerprint density at radius 2 is 1.95 bits per heavy atom. The molecule has 0 aliphatic heterocycles. The summed E-state index contributed by atoms with van der Waals surface area (Å²) in [6, 6.07) is 13.2. The molecule has 0 aromatic heterocycles. The van der Waals surface area contributed by atoms with Gasteiger partial charge in [-0.1, -0.05) is 24.3 Å². The minimum absolute atomic E-state index is 0.431. The highest BCUT2D eigenvalue weighted by Crippen LogP contribution is 2.24. The summed E-state index contributed by atoms with van der Waals surface area (Å²) in [6.07, 6.45) is 0.784. The van der Waals surface area contributed by atoms with Crippen LogP contribution in [0.3, 0.4) is 0 Å². The molecule has 3 heteroatoms. The fourth-order valence-electron chi connectivity index (χ4n) is 1.79. The van der Waals surface area contributed by atoms with Gasteiger partial charge in [0.05, 0.1) is 12.7 Å². The van der Waals surface area contributed by atoms with Gasteiger partial charge in [-0.25, -0.2) is 0 Å². The molecular formula is C16H16O3. The maximum atomic E-state index is 11.0. The monoisotopic (exact) mass is 256 g/mol. The third-order valence-corrected chi connectivity index (χ3v) is 2.99. The van der Waals surface area contributed by atoms with E-state index in [9.17, 15) is 4.79 Å². The van der Waals surface area contributed by atoms with Crippen molar-refractivity contribution in [3.8, 4) is 11.5 Å². The first-order valence-electron chi connectivity index (χ1n) is 6.05. The Labute approximate surface area is 112 Å². The van der Waals surface area contributed by atoms with E-state index in [0.29, 0.717) is 23.7 Å². The number of aldehydes is 1. The van der Waals surface area contributed by atoms with Crippen LogP contribution in [0.25, 0.3) is 0 Å². The van der Waals surface area contributed by atoms with Crippen LogP contribution in [-0.2, 0) is 6.61 Å². The van der Waals surface area contributed by atoms with E-state index in [0.717, 1.165) is 17.4 Å². The molecule has 0 saturated heterocycles. The molecule has 0 bridgehead atoms. The number of benzene rings is 2. The number of hydrogen-bond donors (Lipinski definition) is 0. The summed E-state index contributed by atoms with van der Waals surface area (Å²) in [7, 11) is 1.58. The van der Waals surface area contributed by atoms with Gasteiger partial charge in [-0.3, -0.25) is 4.79 Å². The first-order chi connectivity index (χ1) is 9.24. The highest BCUT2D eigenvalue weighted by atomic mass is 16.5. The summed E-state index contributed by atoms with van der Waals surface area (Å²) in [6.45, 7) is 2.46. The number of methoxy groups -OCH3 is 1. The zero-order valence-corrected chi connectivity index (χ0v) is 11.1. The zero-order valence-electron chi connectivity index (χ0n) is 11.1. The third kappa shape index (κ3) is 3.13. The zero-order chi connectivity index (χ0) is 13.7. The summed E-state index contributed by atoms with van der Waals surface area (Å²) in [4.78, 5) is 11.0. The fraction of sp³-hybridized carbons (Fsp3) is 0.188. The molecule has 3 nitrogen and oxygen atoms in total. The molecule has 0 amide bonds. The molecule has 0 spiro atoms. The van der Waals surface area contributed by atoms with Crippen LogP contribution in [0.4, 0.5) is 0 Å². The van der Waals surface area contributed by atoms with Crippen LogP contribution in [0.1, 0.15) is 21.5 Å². The normalized spacial score (nSPS) is 10.0. The SMILES string of the molecule is COc1ccc(C=O)c(OCc2ccccc2C)c1. The van der Waals surface area contributed by atoms with Gasteiger partial charge < -0.3 is 9.47 Å². The van der Waals surface area contributed by atoms with Crippen molar-refractivity contribution in [3.05, 3.63) is 59.2 Å². The maximum absolute atomic E-state index is 11.0. The number of ether oxygens (including phenoxy) is 2. The number of aryl methyl sites for hydroxylation is 1. The summed E-state index contributed by atoms with van der Waals surface area (Å²) >= 11 is 0. The first kappa shape index (κ1) is 13.1. The van der Waals surface area contributed by atoms with Crippen LogP contribution in [-0.4, -0.2) is 13.4 Å². The van der Waals surface area contributed by atoms with E-state index < -0.39 is 0 Å². The van der Waals surface area contributed by atoms with Crippen LogP contribution in [0, 0.1) is 6.92 Å². The Balaban J connectivity index is 2.19. The Bertz CT molecular complexity index is 576. The Hall–Kier alpha value is -2.29. The van der Waals surface area contributed by atoms with Crippen molar-refractivity contribution < 1.29 is 14.3 Å². The lowest BCUT2D eigenvalue weighted by Crippen LogP contribution is -2.00. The quantitative estimate of drug-likeness (QED) is 0.769. The molecule has 2 aromatic carbocycles. The molecule has 19 heavy (non-hydrogen) atoms. The van der Waals surface area contributed by atoms with Gasteiger partial charge in [-0.15, -0.1) is 0 Å². The Kier molecular flexibility index (Phi) is 4.18. The molecule has 0 aliphatic rings. The highest BCUT2D eigenvalue weighted by Gasteiger charge is 2.06. The lowest BCUT2D eigenvalue weighted by molar-refractivity contribution is 0.111. The molecule has 0 N–H and O–H groups in total. The van der Waals surface area contributed by atoms with E-state index in [-0.39, 0.29) is 0 Å². The van der Waals surface area contributed by atoms with Crippen LogP contribution in [0.2, 0.25) is 0 Å². The lowest BCUT2D eigenvalue weighted by atomic mass is 10.1. The summed E-state index contributed by atoms with van der Waals surface area (Å²) in [5.41, 5.74) is 2.79. The van der Waals surface area contributed by atoms with Crippen molar-refractivity contribution in [3.63, 3.8) is 0 Å². The minimum Gasteiger partial charge on any atom is -0.497 e. The molecule has 0 unspecified atom stereocenters. The van der Waals surface area contributed by atoms with Gasteiger partial charge in [-0.2, -0.15) is 0 Å².